The number of nitrogens with one attached hydrogen (secondary N) is 2. The standard InChI is InChI=1S/C22H30N6O4S/c1-11-16(20-26-14-8-28(32)6-5-15(14)33-20)19(27-21(24-11)23-10-22(2,3)4)25-13-7-12(9-29)17(30)18(13)31/h5-6,8,12-13,17-18,29-31H,7,9-10H2,1-4H3,(H2,23,24,25,27)/t12-,13-,17-,18+/m1/s1. The first kappa shape index (κ1) is 23.6. The SMILES string of the molecule is Cc1nc(NCC(C)(C)C)nc(N[C@@H]2C[C@H](CO)[C@@H](O)[C@H]2O)c1-c1nc2c[n+]([O-])ccc2s1. The summed E-state index contributed by atoms with van der Waals surface area (Å²) in [5, 5.41) is 49.2. The molecule has 1 aliphatic rings. The van der Waals surface area contributed by atoms with Gasteiger partial charge in [0, 0.05) is 25.1 Å². The van der Waals surface area contributed by atoms with E-state index in [0.29, 0.717) is 51.2 Å². The second-order valence-electron chi connectivity index (χ2n) is 9.75. The molecule has 3 aromatic rings. The molecule has 0 aromatic carbocycles. The highest BCUT2D eigenvalue weighted by molar-refractivity contribution is 7.21. The number of rotatable bonds is 6. The minimum atomic E-state index is -1.05. The lowest BCUT2D eigenvalue weighted by Crippen LogP contribution is -2.36. The zero-order chi connectivity index (χ0) is 23.9. The van der Waals surface area contributed by atoms with Crippen LogP contribution in [0.3, 0.4) is 0 Å². The van der Waals surface area contributed by atoms with Gasteiger partial charge >= 0.3 is 0 Å². The van der Waals surface area contributed by atoms with Gasteiger partial charge in [-0.1, -0.05) is 20.8 Å². The predicted molar refractivity (Wildman–Crippen MR) is 127 cm³/mol. The quantitative estimate of drug-likeness (QED) is 0.265. The van der Waals surface area contributed by atoms with Gasteiger partial charge in [-0.2, -0.15) is 9.71 Å². The number of aromatic nitrogens is 4. The van der Waals surface area contributed by atoms with E-state index in [9.17, 15) is 20.5 Å². The van der Waals surface area contributed by atoms with Crippen LogP contribution in [0.4, 0.5) is 11.8 Å². The van der Waals surface area contributed by atoms with Crippen LogP contribution in [0.2, 0.25) is 0 Å². The zero-order valence-electron chi connectivity index (χ0n) is 19.1. The minimum Gasteiger partial charge on any atom is -0.619 e. The normalized spacial score (nSPS) is 23.2. The highest BCUT2D eigenvalue weighted by Gasteiger charge is 2.41. The molecule has 0 amide bonds. The van der Waals surface area contributed by atoms with Gasteiger partial charge in [0.05, 0.1) is 28.1 Å². The van der Waals surface area contributed by atoms with E-state index in [4.69, 9.17) is 0 Å². The molecule has 0 unspecified atom stereocenters. The maximum absolute atomic E-state index is 11.7. The molecule has 3 aromatic heterocycles. The van der Waals surface area contributed by atoms with Gasteiger partial charge in [0.1, 0.15) is 22.4 Å². The average Bonchev–Trinajstić information content (AvgIpc) is 3.26. The van der Waals surface area contributed by atoms with E-state index in [1.54, 1.807) is 6.07 Å². The fraction of sp³-hybridized carbons (Fsp3) is 0.545. The molecule has 1 saturated carbocycles. The molecule has 0 bridgehead atoms. The Balaban J connectivity index is 1.75. The summed E-state index contributed by atoms with van der Waals surface area (Å²) in [5.74, 6) is 0.499. The highest BCUT2D eigenvalue weighted by atomic mass is 32.1. The maximum atomic E-state index is 11.7. The highest BCUT2D eigenvalue weighted by Crippen LogP contribution is 2.38. The van der Waals surface area contributed by atoms with Crippen LogP contribution in [0, 0.1) is 23.5 Å². The average molecular weight is 475 g/mol. The Morgan fingerprint density at radius 1 is 1.21 bits per heavy atom. The van der Waals surface area contributed by atoms with Crippen molar-refractivity contribution in [1.29, 1.82) is 0 Å². The smallest absolute Gasteiger partial charge is 0.224 e. The molecule has 4 rings (SSSR count). The fourth-order valence-electron chi connectivity index (χ4n) is 3.95. The van der Waals surface area contributed by atoms with Crippen molar-refractivity contribution in [2.75, 3.05) is 23.8 Å². The Morgan fingerprint density at radius 2 is 1.97 bits per heavy atom. The Bertz CT molecular complexity index is 1150. The van der Waals surface area contributed by atoms with Gasteiger partial charge in [0.25, 0.3) is 0 Å². The van der Waals surface area contributed by atoms with Gasteiger partial charge in [-0.3, -0.25) is 0 Å². The van der Waals surface area contributed by atoms with Gasteiger partial charge in [-0.15, -0.1) is 11.3 Å². The van der Waals surface area contributed by atoms with E-state index in [2.05, 4.69) is 46.4 Å². The lowest BCUT2D eigenvalue weighted by atomic mass is 9.97. The number of nitrogens with zero attached hydrogens (tertiary/aromatic N) is 4. The van der Waals surface area contributed by atoms with Gasteiger partial charge in [-0.05, 0) is 18.8 Å². The number of fused-ring (bicyclic) bond motifs is 1. The number of pyridine rings is 1. The number of anilines is 2. The molecule has 5 N–H and O–H groups in total. The van der Waals surface area contributed by atoms with Crippen LogP contribution in [0.25, 0.3) is 20.8 Å². The number of hydrogen-bond acceptors (Lipinski definition) is 10. The lowest BCUT2D eigenvalue weighted by molar-refractivity contribution is -0.603. The molecule has 3 heterocycles. The number of aliphatic hydroxyl groups excluding tert-OH is 3. The van der Waals surface area contributed by atoms with Gasteiger partial charge in [0.15, 0.2) is 6.20 Å². The Hall–Kier alpha value is -2.60. The van der Waals surface area contributed by atoms with Crippen LogP contribution >= 0.6 is 11.3 Å². The molecule has 1 fully saturated rings. The summed E-state index contributed by atoms with van der Waals surface area (Å²) in [6, 6.07) is 1.22. The Morgan fingerprint density at radius 3 is 2.64 bits per heavy atom. The third kappa shape index (κ3) is 5.01. The first-order valence-electron chi connectivity index (χ1n) is 10.9. The first-order valence-corrected chi connectivity index (χ1v) is 11.7. The third-order valence-electron chi connectivity index (χ3n) is 5.74. The Kier molecular flexibility index (Phi) is 6.41. The molecule has 4 atom stereocenters. The van der Waals surface area contributed by atoms with E-state index in [-0.39, 0.29) is 12.0 Å². The molecule has 1 aliphatic carbocycles. The maximum Gasteiger partial charge on any atom is 0.224 e. The van der Waals surface area contributed by atoms with Crippen molar-refractivity contribution >= 4 is 33.3 Å². The van der Waals surface area contributed by atoms with Crippen molar-refractivity contribution in [1.82, 2.24) is 15.0 Å². The summed E-state index contributed by atoms with van der Waals surface area (Å²) < 4.78 is 1.56. The molecule has 178 valence electrons. The van der Waals surface area contributed by atoms with E-state index >= 15 is 0 Å². The molecule has 0 aliphatic heterocycles. The first-order chi connectivity index (χ1) is 15.6. The van der Waals surface area contributed by atoms with E-state index in [1.165, 1.54) is 23.7 Å². The molecule has 0 spiro atoms. The minimum absolute atomic E-state index is 0.0182. The summed E-state index contributed by atoms with van der Waals surface area (Å²) in [6.45, 7) is 8.63. The number of hydrogen-bond donors (Lipinski definition) is 5. The van der Waals surface area contributed by atoms with E-state index < -0.39 is 24.2 Å². The summed E-state index contributed by atoms with van der Waals surface area (Å²) in [6.07, 6.45) is 1.17. The second kappa shape index (κ2) is 8.98. The van der Waals surface area contributed by atoms with Crippen LogP contribution < -0.4 is 15.4 Å². The molecular formula is C22H30N6O4S. The second-order valence-corrected chi connectivity index (χ2v) is 10.8. The van der Waals surface area contributed by atoms with Crippen molar-refractivity contribution in [3.8, 4) is 10.6 Å². The summed E-state index contributed by atoms with van der Waals surface area (Å²) in [5.41, 5.74) is 1.95. The molecular weight excluding hydrogens is 444 g/mol. The van der Waals surface area contributed by atoms with Crippen molar-refractivity contribution in [2.24, 2.45) is 11.3 Å². The summed E-state index contributed by atoms with van der Waals surface area (Å²) >= 11 is 1.42. The third-order valence-corrected chi connectivity index (χ3v) is 6.80. The van der Waals surface area contributed by atoms with Crippen LogP contribution in [-0.4, -0.2) is 61.7 Å². The summed E-state index contributed by atoms with van der Waals surface area (Å²) in [4.78, 5) is 13.9. The van der Waals surface area contributed by atoms with Crippen LogP contribution in [-0.2, 0) is 0 Å². The Labute approximate surface area is 196 Å². The monoisotopic (exact) mass is 474 g/mol. The van der Waals surface area contributed by atoms with Crippen LogP contribution in [0.5, 0.6) is 0 Å². The lowest BCUT2D eigenvalue weighted by Gasteiger charge is -2.22. The van der Waals surface area contributed by atoms with Crippen LogP contribution in [0.1, 0.15) is 32.9 Å². The van der Waals surface area contributed by atoms with Crippen molar-refractivity contribution < 1.29 is 20.0 Å². The van der Waals surface area contributed by atoms with E-state index in [0.717, 1.165) is 4.70 Å². The van der Waals surface area contributed by atoms with E-state index in [1.807, 2.05) is 6.92 Å². The number of aryl methyl sites for hydroxylation is 1. The molecule has 0 radical (unpaired) electrons. The van der Waals surface area contributed by atoms with Crippen molar-refractivity contribution in [3.05, 3.63) is 29.4 Å². The molecule has 0 saturated heterocycles. The summed E-state index contributed by atoms with van der Waals surface area (Å²) in [7, 11) is 0. The van der Waals surface area contributed by atoms with Gasteiger partial charge < -0.3 is 31.2 Å². The van der Waals surface area contributed by atoms with Gasteiger partial charge in [0.2, 0.25) is 12.1 Å². The zero-order valence-corrected chi connectivity index (χ0v) is 19.9. The molecule has 10 nitrogen and oxygen atoms in total. The predicted octanol–water partition coefficient (Wildman–Crippen LogP) is 1.67. The van der Waals surface area contributed by atoms with Gasteiger partial charge in [-0.25, -0.2) is 9.97 Å². The van der Waals surface area contributed by atoms with Crippen molar-refractivity contribution in [2.45, 2.75) is 52.4 Å². The van der Waals surface area contributed by atoms with Crippen molar-refractivity contribution in [3.63, 3.8) is 0 Å². The largest absolute Gasteiger partial charge is 0.619 e. The van der Waals surface area contributed by atoms with Crippen LogP contribution in [0.15, 0.2) is 18.5 Å². The molecule has 33 heavy (non-hydrogen) atoms. The topological polar surface area (TPSA) is 150 Å². The molecule has 11 heteroatoms. The number of aliphatic hydroxyl groups is 3. The fourth-order valence-corrected chi connectivity index (χ4v) is 4.98. The number of thiazole rings is 1.